The molecule has 5 heteroatoms. The van der Waals surface area contributed by atoms with Crippen molar-refractivity contribution in [2.75, 3.05) is 5.32 Å². The third-order valence-electron chi connectivity index (χ3n) is 3.97. The molecule has 2 heterocycles. The van der Waals surface area contributed by atoms with Gasteiger partial charge in [0.05, 0.1) is 11.4 Å². The number of rotatable bonds is 3. The maximum absolute atomic E-state index is 12.3. The number of benzene rings is 2. The van der Waals surface area contributed by atoms with Crippen molar-refractivity contribution in [1.29, 1.82) is 0 Å². The van der Waals surface area contributed by atoms with Crippen LogP contribution in [0.3, 0.4) is 0 Å². The Kier molecular flexibility index (Phi) is 3.31. The number of hydrogen-bond acceptors (Lipinski definition) is 3. The number of para-hydroxylation sites is 2. The van der Waals surface area contributed by atoms with E-state index in [2.05, 4.69) is 15.3 Å². The summed E-state index contributed by atoms with van der Waals surface area (Å²) in [6, 6.07) is 16.5. The molecule has 2 aromatic heterocycles. The van der Waals surface area contributed by atoms with Crippen LogP contribution in [0.2, 0.25) is 0 Å². The summed E-state index contributed by atoms with van der Waals surface area (Å²) in [5.41, 5.74) is 3.52. The van der Waals surface area contributed by atoms with Gasteiger partial charge in [-0.25, -0.2) is 0 Å². The van der Waals surface area contributed by atoms with Gasteiger partial charge in [-0.05, 0) is 35.9 Å². The third kappa shape index (κ3) is 2.42. The predicted octanol–water partition coefficient (Wildman–Crippen LogP) is 3.97. The Hall–Kier alpha value is -3.47. The first kappa shape index (κ1) is 14.1. The Morgan fingerprint density at radius 3 is 2.67 bits per heavy atom. The van der Waals surface area contributed by atoms with Crippen molar-refractivity contribution in [3.05, 3.63) is 77.3 Å². The van der Waals surface area contributed by atoms with E-state index in [-0.39, 0.29) is 11.3 Å². The van der Waals surface area contributed by atoms with E-state index in [4.69, 9.17) is 0 Å². The largest absolute Gasteiger partial charge is 0.506 e. The maximum atomic E-state index is 12.3. The van der Waals surface area contributed by atoms with Crippen LogP contribution in [0.1, 0.15) is 0 Å². The SMILES string of the molecule is O=c1[nH]cc(Nc2ccccc2O)cc1-c1cccc2[nH]ccc12. The fourth-order valence-electron chi connectivity index (χ4n) is 2.81. The lowest BCUT2D eigenvalue weighted by atomic mass is 10.0. The Labute approximate surface area is 137 Å². The van der Waals surface area contributed by atoms with Crippen molar-refractivity contribution >= 4 is 22.3 Å². The van der Waals surface area contributed by atoms with Crippen molar-refractivity contribution in [3.8, 4) is 16.9 Å². The van der Waals surface area contributed by atoms with Crippen LogP contribution < -0.4 is 10.9 Å². The van der Waals surface area contributed by atoms with Gasteiger partial charge in [0.2, 0.25) is 0 Å². The molecule has 5 nitrogen and oxygen atoms in total. The van der Waals surface area contributed by atoms with Gasteiger partial charge in [0.25, 0.3) is 5.56 Å². The number of phenolic OH excluding ortho intramolecular Hbond substituents is 1. The van der Waals surface area contributed by atoms with Crippen LogP contribution in [-0.4, -0.2) is 15.1 Å². The molecule has 0 radical (unpaired) electrons. The van der Waals surface area contributed by atoms with E-state index in [1.807, 2.05) is 36.5 Å². The molecule has 4 aromatic rings. The molecule has 0 unspecified atom stereocenters. The summed E-state index contributed by atoms with van der Waals surface area (Å²) in [5, 5.41) is 14.0. The van der Waals surface area contributed by atoms with E-state index in [0.29, 0.717) is 16.9 Å². The van der Waals surface area contributed by atoms with Gasteiger partial charge in [0.15, 0.2) is 0 Å². The van der Waals surface area contributed by atoms with Crippen LogP contribution in [0.5, 0.6) is 5.75 Å². The molecule has 0 atom stereocenters. The van der Waals surface area contributed by atoms with Gasteiger partial charge < -0.3 is 20.4 Å². The number of hydrogen-bond donors (Lipinski definition) is 4. The molecule has 0 aliphatic rings. The van der Waals surface area contributed by atoms with E-state index < -0.39 is 0 Å². The van der Waals surface area contributed by atoms with Gasteiger partial charge in [-0.15, -0.1) is 0 Å². The van der Waals surface area contributed by atoms with E-state index in [9.17, 15) is 9.90 Å². The molecule has 0 amide bonds. The van der Waals surface area contributed by atoms with Crippen LogP contribution in [0.4, 0.5) is 11.4 Å². The molecule has 4 N–H and O–H groups in total. The molecule has 2 aromatic carbocycles. The van der Waals surface area contributed by atoms with Crippen LogP contribution in [0, 0.1) is 0 Å². The number of aromatic hydroxyl groups is 1. The Bertz CT molecular complexity index is 1080. The summed E-state index contributed by atoms with van der Waals surface area (Å²) in [5.74, 6) is 0.151. The lowest BCUT2D eigenvalue weighted by molar-refractivity contribution is 0.478. The lowest BCUT2D eigenvalue weighted by Gasteiger charge is -2.10. The minimum Gasteiger partial charge on any atom is -0.506 e. The number of aromatic nitrogens is 2. The summed E-state index contributed by atoms with van der Waals surface area (Å²) < 4.78 is 0. The first-order chi connectivity index (χ1) is 11.7. The molecule has 118 valence electrons. The number of phenols is 1. The highest BCUT2D eigenvalue weighted by atomic mass is 16.3. The fourth-order valence-corrected chi connectivity index (χ4v) is 2.81. The normalized spacial score (nSPS) is 10.8. The molecule has 4 rings (SSSR count). The second-order valence-corrected chi connectivity index (χ2v) is 5.52. The summed E-state index contributed by atoms with van der Waals surface area (Å²) in [6.07, 6.45) is 3.45. The van der Waals surface area contributed by atoms with Gasteiger partial charge in [0.1, 0.15) is 5.75 Å². The fraction of sp³-hybridized carbons (Fsp3) is 0. The van der Waals surface area contributed by atoms with Crippen LogP contribution in [-0.2, 0) is 0 Å². The topological polar surface area (TPSA) is 80.9 Å². The Morgan fingerprint density at radius 2 is 1.79 bits per heavy atom. The molecule has 0 saturated heterocycles. The number of fused-ring (bicyclic) bond motifs is 1. The summed E-state index contributed by atoms with van der Waals surface area (Å²) in [7, 11) is 0. The Morgan fingerprint density at radius 1 is 0.917 bits per heavy atom. The van der Waals surface area contributed by atoms with Crippen molar-refractivity contribution in [2.24, 2.45) is 0 Å². The molecular weight excluding hydrogens is 302 g/mol. The maximum Gasteiger partial charge on any atom is 0.255 e. The van der Waals surface area contributed by atoms with E-state index >= 15 is 0 Å². The zero-order valence-electron chi connectivity index (χ0n) is 12.7. The first-order valence-corrected chi connectivity index (χ1v) is 7.56. The van der Waals surface area contributed by atoms with Crippen LogP contribution in [0.15, 0.2) is 71.8 Å². The molecule has 24 heavy (non-hydrogen) atoms. The predicted molar refractivity (Wildman–Crippen MR) is 95.7 cm³/mol. The number of H-pyrrole nitrogens is 2. The second-order valence-electron chi connectivity index (χ2n) is 5.52. The quantitative estimate of drug-likeness (QED) is 0.432. The standard InChI is InChI=1S/C19H15N3O2/c23-18-7-2-1-5-17(18)22-12-10-15(19(24)21-11-12)13-4-3-6-16-14(13)8-9-20-16/h1-11,20,22-23H,(H,21,24). The zero-order valence-corrected chi connectivity index (χ0v) is 12.7. The van der Waals surface area contributed by atoms with E-state index in [1.165, 1.54) is 0 Å². The molecule has 0 saturated carbocycles. The summed E-state index contributed by atoms with van der Waals surface area (Å²) >= 11 is 0. The molecule has 0 fully saturated rings. The highest BCUT2D eigenvalue weighted by molar-refractivity contribution is 5.95. The summed E-state index contributed by atoms with van der Waals surface area (Å²) in [6.45, 7) is 0. The minimum absolute atomic E-state index is 0.151. The van der Waals surface area contributed by atoms with Gasteiger partial charge in [0, 0.05) is 28.9 Å². The summed E-state index contributed by atoms with van der Waals surface area (Å²) in [4.78, 5) is 18.2. The molecule has 0 spiro atoms. The van der Waals surface area contributed by atoms with Crippen molar-refractivity contribution in [3.63, 3.8) is 0 Å². The van der Waals surface area contributed by atoms with Crippen molar-refractivity contribution in [2.45, 2.75) is 0 Å². The molecular formula is C19H15N3O2. The molecule has 0 aliphatic carbocycles. The van der Waals surface area contributed by atoms with E-state index in [0.717, 1.165) is 16.5 Å². The Balaban J connectivity index is 1.81. The number of anilines is 2. The monoisotopic (exact) mass is 317 g/mol. The highest BCUT2D eigenvalue weighted by Gasteiger charge is 2.10. The number of pyridine rings is 1. The smallest absolute Gasteiger partial charge is 0.255 e. The number of nitrogens with one attached hydrogen (secondary N) is 3. The third-order valence-corrected chi connectivity index (χ3v) is 3.97. The first-order valence-electron chi connectivity index (χ1n) is 7.56. The van der Waals surface area contributed by atoms with Gasteiger partial charge >= 0.3 is 0 Å². The molecule has 0 bridgehead atoms. The second kappa shape index (κ2) is 5.62. The lowest BCUT2D eigenvalue weighted by Crippen LogP contribution is -2.09. The van der Waals surface area contributed by atoms with Gasteiger partial charge in [-0.1, -0.05) is 24.3 Å². The van der Waals surface area contributed by atoms with Crippen LogP contribution in [0.25, 0.3) is 22.0 Å². The highest BCUT2D eigenvalue weighted by Crippen LogP contribution is 2.29. The van der Waals surface area contributed by atoms with Crippen molar-refractivity contribution < 1.29 is 5.11 Å². The minimum atomic E-state index is -0.161. The van der Waals surface area contributed by atoms with Gasteiger partial charge in [-0.3, -0.25) is 4.79 Å². The average Bonchev–Trinajstić information content (AvgIpc) is 3.07. The average molecular weight is 317 g/mol. The van der Waals surface area contributed by atoms with Crippen LogP contribution >= 0.6 is 0 Å². The van der Waals surface area contributed by atoms with E-state index in [1.54, 1.807) is 30.5 Å². The molecule has 0 aliphatic heterocycles. The van der Waals surface area contributed by atoms with Gasteiger partial charge in [-0.2, -0.15) is 0 Å². The van der Waals surface area contributed by atoms with Crippen molar-refractivity contribution in [1.82, 2.24) is 9.97 Å². The zero-order chi connectivity index (χ0) is 16.5. The number of aromatic amines is 2.